The topological polar surface area (TPSA) is 61.8 Å². The predicted molar refractivity (Wildman–Crippen MR) is 83.8 cm³/mol. The summed E-state index contributed by atoms with van der Waals surface area (Å²) in [5.74, 6) is 0.136. The Hall–Kier alpha value is -2.53. The Morgan fingerprint density at radius 2 is 2.05 bits per heavy atom. The molecule has 0 spiro atoms. The summed E-state index contributed by atoms with van der Waals surface area (Å²) in [5, 5.41) is 13.1. The molecule has 0 bridgehead atoms. The number of carbonyl (C=O) groups is 1. The molecular formula is C17H18N2O3. The van der Waals surface area contributed by atoms with Crippen LogP contribution in [0.1, 0.15) is 22.1 Å². The Labute approximate surface area is 129 Å². The summed E-state index contributed by atoms with van der Waals surface area (Å²) < 4.78 is 5.12. The highest BCUT2D eigenvalue weighted by Crippen LogP contribution is 2.33. The molecule has 0 radical (unpaired) electrons. The Kier molecular flexibility index (Phi) is 3.98. The quantitative estimate of drug-likeness (QED) is 0.911. The van der Waals surface area contributed by atoms with Crippen LogP contribution in [0.25, 0.3) is 0 Å². The van der Waals surface area contributed by atoms with Gasteiger partial charge in [-0.25, -0.2) is 0 Å². The van der Waals surface area contributed by atoms with Crippen molar-refractivity contribution in [1.82, 2.24) is 4.90 Å². The molecular weight excluding hydrogens is 280 g/mol. The number of rotatable bonds is 4. The van der Waals surface area contributed by atoms with Gasteiger partial charge in [-0.3, -0.25) is 4.79 Å². The summed E-state index contributed by atoms with van der Waals surface area (Å²) in [6, 6.07) is 14.4. The number of amides is 1. The number of phenols is 1. The molecule has 1 heterocycles. The predicted octanol–water partition coefficient (Wildman–Crippen LogP) is 2.61. The number of methoxy groups -OCH3 is 1. The van der Waals surface area contributed by atoms with E-state index in [4.69, 9.17) is 4.74 Å². The van der Waals surface area contributed by atoms with Crippen molar-refractivity contribution in [3.05, 3.63) is 59.7 Å². The molecule has 5 nitrogen and oxygen atoms in total. The van der Waals surface area contributed by atoms with Crippen LogP contribution in [0.4, 0.5) is 5.69 Å². The third kappa shape index (κ3) is 2.63. The number of ether oxygens (including phenoxy) is 1. The number of hydrogen-bond donors (Lipinski definition) is 2. The van der Waals surface area contributed by atoms with Gasteiger partial charge in [0.1, 0.15) is 11.9 Å². The molecule has 5 heteroatoms. The lowest BCUT2D eigenvalue weighted by molar-refractivity contribution is 0.0609. The second-order valence-electron chi connectivity index (χ2n) is 5.18. The number of anilines is 1. The van der Waals surface area contributed by atoms with Gasteiger partial charge in [0.05, 0.1) is 12.2 Å². The van der Waals surface area contributed by atoms with E-state index in [1.165, 1.54) is 0 Å². The fourth-order valence-electron chi connectivity index (χ4n) is 2.67. The summed E-state index contributed by atoms with van der Waals surface area (Å²) >= 11 is 0. The molecule has 114 valence electrons. The van der Waals surface area contributed by atoms with Crippen molar-refractivity contribution in [2.75, 3.05) is 25.6 Å². The van der Waals surface area contributed by atoms with Crippen molar-refractivity contribution in [2.24, 2.45) is 0 Å². The zero-order valence-electron chi connectivity index (χ0n) is 12.3. The Balaban J connectivity index is 2.01. The molecule has 2 aromatic carbocycles. The zero-order valence-corrected chi connectivity index (χ0v) is 12.3. The summed E-state index contributed by atoms with van der Waals surface area (Å²) in [6.45, 7) is 0.919. The minimum atomic E-state index is -0.329. The van der Waals surface area contributed by atoms with Crippen LogP contribution >= 0.6 is 0 Å². The lowest BCUT2D eigenvalue weighted by Gasteiger charge is -2.38. The summed E-state index contributed by atoms with van der Waals surface area (Å²) in [7, 11) is 1.61. The summed E-state index contributed by atoms with van der Waals surface area (Å²) in [5.41, 5.74) is 2.28. The van der Waals surface area contributed by atoms with E-state index >= 15 is 0 Å². The fraction of sp³-hybridized carbons (Fsp3) is 0.235. The number of aromatic hydroxyl groups is 1. The van der Waals surface area contributed by atoms with Gasteiger partial charge < -0.3 is 20.1 Å². The SMILES string of the molecule is COCCN1C(=O)c2ccccc2N[C@@H]1c1cccc(O)c1. The summed E-state index contributed by atoms with van der Waals surface area (Å²) in [6.07, 6.45) is -0.329. The van der Waals surface area contributed by atoms with Gasteiger partial charge in [0.15, 0.2) is 0 Å². The highest BCUT2D eigenvalue weighted by molar-refractivity contribution is 6.01. The molecule has 1 amide bonds. The number of fused-ring (bicyclic) bond motifs is 1. The average Bonchev–Trinajstić information content (AvgIpc) is 2.54. The molecule has 1 aliphatic rings. The lowest BCUT2D eigenvalue weighted by Crippen LogP contribution is -2.44. The highest BCUT2D eigenvalue weighted by Gasteiger charge is 2.32. The normalized spacial score (nSPS) is 17.0. The minimum absolute atomic E-state index is 0.0419. The van der Waals surface area contributed by atoms with Crippen LogP contribution in [-0.4, -0.2) is 36.2 Å². The first-order valence-electron chi connectivity index (χ1n) is 7.15. The Morgan fingerprint density at radius 3 is 2.82 bits per heavy atom. The van der Waals surface area contributed by atoms with Crippen LogP contribution in [0.3, 0.4) is 0 Å². The number of nitrogens with zero attached hydrogens (tertiary/aromatic N) is 1. The Bertz CT molecular complexity index is 687. The third-order valence-electron chi connectivity index (χ3n) is 3.74. The lowest BCUT2D eigenvalue weighted by atomic mass is 10.0. The van der Waals surface area contributed by atoms with Crippen molar-refractivity contribution in [3.63, 3.8) is 0 Å². The van der Waals surface area contributed by atoms with Gasteiger partial charge in [-0.1, -0.05) is 24.3 Å². The molecule has 0 saturated heterocycles. The maximum atomic E-state index is 12.8. The van der Waals surface area contributed by atoms with E-state index < -0.39 is 0 Å². The number of carbonyl (C=O) groups excluding carboxylic acids is 1. The Morgan fingerprint density at radius 1 is 1.23 bits per heavy atom. The molecule has 1 atom stereocenters. The molecule has 0 saturated carbocycles. The highest BCUT2D eigenvalue weighted by atomic mass is 16.5. The smallest absolute Gasteiger partial charge is 0.257 e. The maximum absolute atomic E-state index is 12.8. The van der Waals surface area contributed by atoms with E-state index in [0.717, 1.165) is 11.3 Å². The van der Waals surface area contributed by atoms with Crippen molar-refractivity contribution in [3.8, 4) is 5.75 Å². The van der Waals surface area contributed by atoms with Crippen molar-refractivity contribution in [2.45, 2.75) is 6.17 Å². The molecule has 0 aliphatic carbocycles. The summed E-state index contributed by atoms with van der Waals surface area (Å²) in [4.78, 5) is 14.5. The maximum Gasteiger partial charge on any atom is 0.257 e. The van der Waals surface area contributed by atoms with Gasteiger partial charge >= 0.3 is 0 Å². The molecule has 0 aromatic heterocycles. The van der Waals surface area contributed by atoms with Gasteiger partial charge in [-0.15, -0.1) is 0 Å². The molecule has 0 unspecified atom stereocenters. The van der Waals surface area contributed by atoms with Crippen molar-refractivity contribution < 1.29 is 14.6 Å². The van der Waals surface area contributed by atoms with Crippen LogP contribution in [0.15, 0.2) is 48.5 Å². The monoisotopic (exact) mass is 298 g/mol. The first kappa shape index (κ1) is 14.4. The van der Waals surface area contributed by atoms with Crippen LogP contribution in [0, 0.1) is 0 Å². The van der Waals surface area contributed by atoms with E-state index in [9.17, 15) is 9.90 Å². The fourth-order valence-corrected chi connectivity index (χ4v) is 2.67. The van der Waals surface area contributed by atoms with Gasteiger partial charge in [0.2, 0.25) is 0 Å². The molecule has 3 rings (SSSR count). The second kappa shape index (κ2) is 6.07. The van der Waals surface area contributed by atoms with Crippen LogP contribution < -0.4 is 5.32 Å². The standard InChI is InChI=1S/C17H18N2O3/c1-22-10-9-19-16(12-5-4-6-13(20)11-12)18-15-8-3-2-7-14(15)17(19)21/h2-8,11,16,18,20H,9-10H2,1H3/t16-/m0/s1. The molecule has 22 heavy (non-hydrogen) atoms. The number of para-hydroxylation sites is 1. The molecule has 2 N–H and O–H groups in total. The van der Waals surface area contributed by atoms with Crippen LogP contribution in [-0.2, 0) is 4.74 Å². The molecule has 0 fully saturated rings. The average molecular weight is 298 g/mol. The number of nitrogens with one attached hydrogen (secondary N) is 1. The molecule has 2 aromatic rings. The third-order valence-corrected chi connectivity index (χ3v) is 3.74. The van der Waals surface area contributed by atoms with E-state index in [1.807, 2.05) is 30.3 Å². The number of benzene rings is 2. The number of phenolic OH excluding ortho intramolecular Hbond substituents is 1. The zero-order chi connectivity index (χ0) is 15.5. The van der Waals surface area contributed by atoms with Gasteiger partial charge in [-0.2, -0.15) is 0 Å². The van der Waals surface area contributed by atoms with E-state index in [-0.39, 0.29) is 17.8 Å². The first-order valence-corrected chi connectivity index (χ1v) is 7.15. The minimum Gasteiger partial charge on any atom is -0.508 e. The van der Waals surface area contributed by atoms with E-state index in [0.29, 0.717) is 18.7 Å². The largest absolute Gasteiger partial charge is 0.508 e. The number of hydrogen-bond acceptors (Lipinski definition) is 4. The van der Waals surface area contributed by atoms with E-state index in [1.54, 1.807) is 30.2 Å². The van der Waals surface area contributed by atoms with Crippen molar-refractivity contribution in [1.29, 1.82) is 0 Å². The van der Waals surface area contributed by atoms with Gasteiger partial charge in [0.25, 0.3) is 5.91 Å². The van der Waals surface area contributed by atoms with E-state index in [2.05, 4.69) is 5.32 Å². The molecule has 1 aliphatic heterocycles. The van der Waals surface area contributed by atoms with Crippen molar-refractivity contribution >= 4 is 11.6 Å². The van der Waals surface area contributed by atoms with Crippen LogP contribution in [0.2, 0.25) is 0 Å². The second-order valence-corrected chi connectivity index (χ2v) is 5.18. The van der Waals surface area contributed by atoms with Crippen LogP contribution in [0.5, 0.6) is 5.75 Å². The van der Waals surface area contributed by atoms with Gasteiger partial charge in [-0.05, 0) is 29.8 Å². The van der Waals surface area contributed by atoms with Gasteiger partial charge in [0, 0.05) is 19.3 Å². The first-order chi connectivity index (χ1) is 10.7.